The number of unbranched alkanes of at least 4 members (excludes halogenated alkanes) is 27. The lowest BCUT2D eigenvalue weighted by Gasteiger charge is -2.18. The van der Waals surface area contributed by atoms with Gasteiger partial charge in [-0.1, -0.05) is 246 Å². The molecule has 0 bridgehead atoms. The van der Waals surface area contributed by atoms with Gasteiger partial charge in [-0.2, -0.15) is 0 Å². The molecule has 0 saturated heterocycles. The normalized spacial score (nSPS) is 12.8. The van der Waals surface area contributed by atoms with Gasteiger partial charge in [0.1, 0.15) is 13.2 Å². The molecule has 0 aliphatic heterocycles. The standard InChI is InChI=1S/C64H108O6/c1-4-7-10-13-16-19-22-25-28-30-32-34-36-39-42-45-48-51-54-57-63(66)69-60-61(59-68-62(65)56-53-50-47-44-41-38-35-27-24-21-18-15-12-9-6-3)70-64(67)58-55-52-49-46-43-40-37-33-31-29-26-23-20-17-14-11-8-5-2/h7,9-10,12,15-16,18-19,21,24-25,28,32-34,37,61H,4-6,8,11,13-14,17,20,22-23,26-27,29-31,35-36,38-60H2,1-3H3/b10-7-,12-9-,18-15-,19-16-,24-21-,28-25-,34-32-,37-33-. The zero-order valence-electron chi connectivity index (χ0n) is 45.8. The molecule has 0 rings (SSSR count). The predicted molar refractivity (Wildman–Crippen MR) is 302 cm³/mol. The van der Waals surface area contributed by atoms with Crippen molar-refractivity contribution in [2.45, 2.75) is 277 Å². The number of allylic oxidation sites excluding steroid dienone is 16. The molecule has 0 heterocycles. The molecule has 0 aliphatic rings. The Hall–Kier alpha value is -3.67. The fourth-order valence-electron chi connectivity index (χ4n) is 8.02. The number of hydrogen-bond acceptors (Lipinski definition) is 6. The highest BCUT2D eigenvalue weighted by atomic mass is 16.6. The number of carbonyl (C=O) groups is 3. The van der Waals surface area contributed by atoms with Gasteiger partial charge in [0.25, 0.3) is 0 Å². The van der Waals surface area contributed by atoms with Crippen LogP contribution < -0.4 is 0 Å². The smallest absolute Gasteiger partial charge is 0.306 e. The molecule has 400 valence electrons. The van der Waals surface area contributed by atoms with Crippen molar-refractivity contribution in [3.05, 3.63) is 97.2 Å². The van der Waals surface area contributed by atoms with Gasteiger partial charge in [-0.3, -0.25) is 14.4 Å². The first-order valence-electron chi connectivity index (χ1n) is 29.3. The van der Waals surface area contributed by atoms with Crippen LogP contribution in [0.2, 0.25) is 0 Å². The van der Waals surface area contributed by atoms with Crippen LogP contribution in [0.1, 0.15) is 271 Å². The van der Waals surface area contributed by atoms with Crippen LogP contribution >= 0.6 is 0 Å². The molecule has 0 aromatic rings. The van der Waals surface area contributed by atoms with Gasteiger partial charge in [0.2, 0.25) is 0 Å². The van der Waals surface area contributed by atoms with E-state index in [2.05, 4.69) is 118 Å². The van der Waals surface area contributed by atoms with Crippen LogP contribution in [-0.4, -0.2) is 37.2 Å². The quantitative estimate of drug-likeness (QED) is 0.0199. The largest absolute Gasteiger partial charge is 0.462 e. The lowest BCUT2D eigenvalue weighted by atomic mass is 10.1. The van der Waals surface area contributed by atoms with Crippen LogP contribution in [0.15, 0.2) is 97.2 Å². The summed E-state index contributed by atoms with van der Waals surface area (Å²) in [6, 6.07) is 0. The molecule has 0 aliphatic carbocycles. The fraction of sp³-hybridized carbons (Fsp3) is 0.703. The third kappa shape index (κ3) is 55.3. The molecule has 0 amide bonds. The van der Waals surface area contributed by atoms with Crippen LogP contribution in [0, 0.1) is 0 Å². The maximum absolute atomic E-state index is 12.9. The number of esters is 3. The molecule has 0 saturated carbocycles. The topological polar surface area (TPSA) is 78.9 Å². The lowest BCUT2D eigenvalue weighted by Crippen LogP contribution is -2.30. The summed E-state index contributed by atoms with van der Waals surface area (Å²) in [6.07, 6.45) is 76.8. The van der Waals surface area contributed by atoms with Crippen LogP contribution in [-0.2, 0) is 28.6 Å². The third-order valence-corrected chi connectivity index (χ3v) is 12.4. The van der Waals surface area contributed by atoms with E-state index in [1.165, 1.54) is 109 Å². The van der Waals surface area contributed by atoms with Crippen LogP contribution in [0.5, 0.6) is 0 Å². The van der Waals surface area contributed by atoms with E-state index in [0.717, 1.165) is 122 Å². The fourth-order valence-corrected chi connectivity index (χ4v) is 8.02. The molecule has 0 aromatic heterocycles. The Balaban J connectivity index is 4.43. The summed E-state index contributed by atoms with van der Waals surface area (Å²) in [4.78, 5) is 38.2. The molecule has 0 fully saturated rings. The van der Waals surface area contributed by atoms with E-state index in [1.54, 1.807) is 0 Å². The van der Waals surface area contributed by atoms with E-state index in [4.69, 9.17) is 14.2 Å². The third-order valence-electron chi connectivity index (χ3n) is 12.4. The Morgan fingerprint density at radius 3 is 1.04 bits per heavy atom. The lowest BCUT2D eigenvalue weighted by molar-refractivity contribution is -0.167. The average molecular weight is 974 g/mol. The summed E-state index contributed by atoms with van der Waals surface area (Å²) in [5, 5.41) is 0. The molecule has 0 N–H and O–H groups in total. The molecule has 6 heteroatoms. The van der Waals surface area contributed by atoms with Crippen molar-refractivity contribution in [1.82, 2.24) is 0 Å². The molecule has 0 radical (unpaired) electrons. The number of rotatable bonds is 52. The zero-order valence-corrected chi connectivity index (χ0v) is 45.8. The Morgan fingerprint density at radius 2 is 0.629 bits per heavy atom. The Bertz CT molecular complexity index is 1400. The number of carbonyl (C=O) groups excluding carboxylic acids is 3. The van der Waals surface area contributed by atoms with E-state index in [9.17, 15) is 14.4 Å². The average Bonchev–Trinajstić information content (AvgIpc) is 3.36. The summed E-state index contributed by atoms with van der Waals surface area (Å²) in [7, 11) is 0. The second-order valence-electron chi connectivity index (χ2n) is 19.2. The zero-order chi connectivity index (χ0) is 50.7. The van der Waals surface area contributed by atoms with E-state index < -0.39 is 6.10 Å². The number of ether oxygens (including phenoxy) is 3. The van der Waals surface area contributed by atoms with Gasteiger partial charge >= 0.3 is 17.9 Å². The minimum Gasteiger partial charge on any atom is -0.462 e. The maximum Gasteiger partial charge on any atom is 0.306 e. The van der Waals surface area contributed by atoms with Crippen molar-refractivity contribution >= 4 is 17.9 Å². The minimum absolute atomic E-state index is 0.0922. The van der Waals surface area contributed by atoms with E-state index in [0.29, 0.717) is 19.3 Å². The summed E-state index contributed by atoms with van der Waals surface area (Å²) in [5.74, 6) is -0.921. The van der Waals surface area contributed by atoms with Gasteiger partial charge in [0.05, 0.1) is 0 Å². The predicted octanol–water partition coefficient (Wildman–Crippen LogP) is 19.7. The molecular weight excluding hydrogens is 865 g/mol. The van der Waals surface area contributed by atoms with Gasteiger partial charge < -0.3 is 14.2 Å². The molecule has 1 atom stereocenters. The van der Waals surface area contributed by atoms with Crippen molar-refractivity contribution in [3.63, 3.8) is 0 Å². The van der Waals surface area contributed by atoms with E-state index >= 15 is 0 Å². The van der Waals surface area contributed by atoms with Crippen LogP contribution in [0.25, 0.3) is 0 Å². The molecular formula is C64H108O6. The molecule has 6 nitrogen and oxygen atoms in total. The highest BCUT2D eigenvalue weighted by Gasteiger charge is 2.19. The first-order chi connectivity index (χ1) is 34.5. The first-order valence-corrected chi connectivity index (χ1v) is 29.3. The van der Waals surface area contributed by atoms with Gasteiger partial charge in [-0.05, 0) is 103 Å². The molecule has 70 heavy (non-hydrogen) atoms. The molecule has 1 unspecified atom stereocenters. The Kier molecular flexibility index (Phi) is 54.9. The van der Waals surface area contributed by atoms with Crippen molar-refractivity contribution in [2.75, 3.05) is 13.2 Å². The highest BCUT2D eigenvalue weighted by molar-refractivity contribution is 5.71. The van der Waals surface area contributed by atoms with Gasteiger partial charge in [0, 0.05) is 19.3 Å². The Morgan fingerprint density at radius 1 is 0.314 bits per heavy atom. The first kappa shape index (κ1) is 66.3. The van der Waals surface area contributed by atoms with Gasteiger partial charge in [0.15, 0.2) is 6.10 Å². The number of hydrogen-bond donors (Lipinski definition) is 0. The molecule has 0 spiro atoms. The summed E-state index contributed by atoms with van der Waals surface area (Å²) < 4.78 is 16.9. The van der Waals surface area contributed by atoms with E-state index in [1.807, 2.05) is 0 Å². The van der Waals surface area contributed by atoms with Crippen molar-refractivity contribution in [3.8, 4) is 0 Å². The molecule has 0 aromatic carbocycles. The van der Waals surface area contributed by atoms with Crippen molar-refractivity contribution in [2.24, 2.45) is 0 Å². The van der Waals surface area contributed by atoms with Crippen molar-refractivity contribution < 1.29 is 28.6 Å². The second-order valence-corrected chi connectivity index (χ2v) is 19.2. The summed E-state index contributed by atoms with van der Waals surface area (Å²) in [5.41, 5.74) is 0. The van der Waals surface area contributed by atoms with Crippen LogP contribution in [0.3, 0.4) is 0 Å². The van der Waals surface area contributed by atoms with Crippen LogP contribution in [0.4, 0.5) is 0 Å². The van der Waals surface area contributed by atoms with Gasteiger partial charge in [-0.25, -0.2) is 0 Å². The maximum atomic E-state index is 12.9. The minimum atomic E-state index is -0.795. The summed E-state index contributed by atoms with van der Waals surface area (Å²) >= 11 is 0. The monoisotopic (exact) mass is 973 g/mol. The SMILES string of the molecule is CC\C=C/C=C\C=C/CCCCCCCCCC(=O)OCC(COC(=O)CCCCCCCC/C=C\C/C=C\C/C=C\C/C=C\CC)OC(=O)CCCCCCC/C=C\CCCCCCCCCCC. The van der Waals surface area contributed by atoms with Gasteiger partial charge in [-0.15, -0.1) is 0 Å². The van der Waals surface area contributed by atoms with Crippen molar-refractivity contribution in [1.29, 1.82) is 0 Å². The Labute approximate surface area is 432 Å². The second kappa shape index (κ2) is 57.9. The summed E-state index contributed by atoms with van der Waals surface area (Å²) in [6.45, 7) is 6.38. The van der Waals surface area contributed by atoms with E-state index in [-0.39, 0.29) is 31.1 Å². The highest BCUT2D eigenvalue weighted by Crippen LogP contribution is 2.15.